The van der Waals surface area contributed by atoms with Crippen LogP contribution in [0.1, 0.15) is 32.7 Å². The molecule has 0 saturated heterocycles. The van der Waals surface area contributed by atoms with Crippen molar-refractivity contribution in [2.45, 2.75) is 18.2 Å². The topological polar surface area (TPSA) is 67.8 Å². The van der Waals surface area contributed by atoms with Gasteiger partial charge in [-0.3, -0.25) is 14.6 Å². The number of Topliss-reactive ketones (excluding diaryl/α,β-unsaturated/α-hetero) is 1. The van der Waals surface area contributed by atoms with Crippen molar-refractivity contribution >= 4 is 40.5 Å². The third-order valence-corrected chi connectivity index (χ3v) is 6.18. The summed E-state index contributed by atoms with van der Waals surface area (Å²) in [6.45, 7) is 1.97. The summed E-state index contributed by atoms with van der Waals surface area (Å²) < 4.78 is 5.20. The number of methoxy groups -OCH3 is 1. The summed E-state index contributed by atoms with van der Waals surface area (Å²) >= 11 is 1.56. The summed E-state index contributed by atoms with van der Waals surface area (Å²) in [7, 11) is 1.57. The molecule has 0 unspecified atom stereocenters. The van der Waals surface area contributed by atoms with E-state index in [1.54, 1.807) is 43.1 Å². The first kappa shape index (κ1) is 20.9. The molecule has 0 fully saturated rings. The molecule has 6 heteroatoms. The van der Waals surface area contributed by atoms with Gasteiger partial charge in [-0.05, 0) is 48.9 Å². The van der Waals surface area contributed by atoms with E-state index >= 15 is 0 Å². The minimum absolute atomic E-state index is 0.101. The van der Waals surface area contributed by atoms with Crippen LogP contribution in [-0.4, -0.2) is 30.3 Å². The molecule has 1 heterocycles. The number of rotatable bonds is 6. The molecule has 0 saturated carbocycles. The first-order chi connectivity index (χ1) is 15.0. The van der Waals surface area contributed by atoms with Gasteiger partial charge in [0.05, 0.1) is 24.9 Å². The maximum absolute atomic E-state index is 12.7. The number of benzene rings is 3. The van der Waals surface area contributed by atoms with Crippen molar-refractivity contribution in [3.05, 3.63) is 83.4 Å². The number of aryl methyl sites for hydroxylation is 1. The number of hydrogen-bond acceptors (Lipinski definition) is 5. The number of ketones is 1. The number of thioether (sulfide) groups is 1. The normalized spacial score (nSPS) is 12.7. The Morgan fingerprint density at radius 2 is 1.90 bits per heavy atom. The van der Waals surface area contributed by atoms with Gasteiger partial charge in [0.25, 0.3) is 5.91 Å². The van der Waals surface area contributed by atoms with Crippen molar-refractivity contribution in [1.82, 2.24) is 0 Å². The molecule has 1 aliphatic rings. The number of anilines is 1. The summed E-state index contributed by atoms with van der Waals surface area (Å²) in [5, 5.41) is 2.98. The van der Waals surface area contributed by atoms with Gasteiger partial charge in [0.2, 0.25) is 0 Å². The van der Waals surface area contributed by atoms with E-state index < -0.39 is 0 Å². The van der Waals surface area contributed by atoms with Crippen molar-refractivity contribution in [2.75, 3.05) is 18.2 Å². The molecule has 4 rings (SSSR count). The van der Waals surface area contributed by atoms with Crippen molar-refractivity contribution in [3.8, 4) is 5.75 Å². The van der Waals surface area contributed by atoms with E-state index in [0.29, 0.717) is 29.1 Å². The number of nitrogens with one attached hydrogen (secondary N) is 1. The minimum Gasteiger partial charge on any atom is -0.497 e. The molecule has 31 heavy (non-hydrogen) atoms. The number of carbonyl (C=O) groups excluding carboxylic acids is 2. The van der Waals surface area contributed by atoms with E-state index in [4.69, 9.17) is 9.73 Å². The Balaban J connectivity index is 1.50. The van der Waals surface area contributed by atoms with E-state index in [9.17, 15) is 9.59 Å². The molecule has 156 valence electrons. The Morgan fingerprint density at radius 3 is 2.74 bits per heavy atom. The number of carbonyl (C=O) groups is 2. The number of ether oxygens (including phenoxy) is 1. The van der Waals surface area contributed by atoms with Crippen LogP contribution < -0.4 is 10.1 Å². The maximum Gasteiger partial charge on any atom is 0.255 e. The highest BCUT2D eigenvalue weighted by Crippen LogP contribution is 2.33. The number of hydrogen-bond donors (Lipinski definition) is 1. The van der Waals surface area contributed by atoms with Crippen molar-refractivity contribution in [2.24, 2.45) is 4.99 Å². The zero-order valence-corrected chi connectivity index (χ0v) is 18.2. The second kappa shape index (κ2) is 9.18. The van der Waals surface area contributed by atoms with E-state index in [2.05, 4.69) is 5.32 Å². The molecule has 5 nitrogen and oxygen atoms in total. The molecule has 1 amide bonds. The van der Waals surface area contributed by atoms with E-state index in [-0.39, 0.29) is 11.7 Å². The van der Waals surface area contributed by atoms with Crippen LogP contribution in [0.15, 0.2) is 76.6 Å². The summed E-state index contributed by atoms with van der Waals surface area (Å²) in [4.78, 5) is 30.9. The molecule has 1 N–H and O–H groups in total. The fourth-order valence-corrected chi connectivity index (χ4v) is 4.35. The number of para-hydroxylation sites is 2. The number of aliphatic imine (C=N–C) groups is 1. The third kappa shape index (κ3) is 4.70. The van der Waals surface area contributed by atoms with Crippen molar-refractivity contribution in [3.63, 3.8) is 0 Å². The minimum atomic E-state index is -0.207. The van der Waals surface area contributed by atoms with Gasteiger partial charge in [-0.15, -0.1) is 11.8 Å². The quantitative estimate of drug-likeness (QED) is 0.509. The number of nitrogens with zero attached hydrogens (tertiary/aromatic N) is 1. The van der Waals surface area contributed by atoms with Gasteiger partial charge in [-0.25, -0.2) is 0 Å². The number of fused-ring (bicyclic) bond motifs is 1. The van der Waals surface area contributed by atoms with Gasteiger partial charge >= 0.3 is 0 Å². The number of amides is 1. The maximum atomic E-state index is 12.7. The molecular weight excluding hydrogens is 408 g/mol. The van der Waals surface area contributed by atoms with Gasteiger partial charge < -0.3 is 10.1 Å². The Morgan fingerprint density at radius 1 is 1.10 bits per heavy atom. The first-order valence-electron chi connectivity index (χ1n) is 9.91. The highest BCUT2D eigenvalue weighted by atomic mass is 32.2. The van der Waals surface area contributed by atoms with Gasteiger partial charge in [0.15, 0.2) is 5.78 Å². The zero-order chi connectivity index (χ0) is 21.8. The van der Waals surface area contributed by atoms with Crippen LogP contribution in [0, 0.1) is 6.92 Å². The first-order valence-corrected chi connectivity index (χ1v) is 10.9. The highest BCUT2D eigenvalue weighted by Gasteiger charge is 2.21. The van der Waals surface area contributed by atoms with Gasteiger partial charge in [-0.2, -0.15) is 0 Å². The standard InChI is InChI=1S/C25H22N2O3S/c1-16-7-5-10-20-22(28)14-18(26-24(16)20)15-31-23-12-4-3-11-21(23)27-25(29)17-8-6-9-19(13-17)30-2/h3-13H,14-15H2,1-2H3,(H,27,29). The second-order valence-corrected chi connectivity index (χ2v) is 8.24. The summed E-state index contributed by atoms with van der Waals surface area (Å²) in [6, 6.07) is 20.4. The summed E-state index contributed by atoms with van der Waals surface area (Å²) in [5.74, 6) is 1.10. The Bertz CT molecular complexity index is 1190. The van der Waals surface area contributed by atoms with Crippen LogP contribution in [-0.2, 0) is 0 Å². The lowest BCUT2D eigenvalue weighted by Crippen LogP contribution is -2.16. The van der Waals surface area contributed by atoms with Crippen LogP contribution in [0.3, 0.4) is 0 Å². The van der Waals surface area contributed by atoms with Crippen LogP contribution in [0.4, 0.5) is 11.4 Å². The second-order valence-electron chi connectivity index (χ2n) is 7.22. The van der Waals surface area contributed by atoms with E-state index in [0.717, 1.165) is 27.5 Å². The van der Waals surface area contributed by atoms with Crippen LogP contribution in [0.5, 0.6) is 5.75 Å². The molecule has 0 spiro atoms. The van der Waals surface area contributed by atoms with Gasteiger partial charge in [0.1, 0.15) is 5.75 Å². The smallest absolute Gasteiger partial charge is 0.255 e. The summed E-state index contributed by atoms with van der Waals surface area (Å²) in [5.41, 5.74) is 4.55. The van der Waals surface area contributed by atoms with Gasteiger partial charge in [-0.1, -0.05) is 30.3 Å². The van der Waals surface area contributed by atoms with E-state index in [1.165, 1.54) is 0 Å². The zero-order valence-electron chi connectivity index (χ0n) is 17.3. The molecule has 0 aliphatic carbocycles. The SMILES string of the molecule is COc1cccc(C(=O)Nc2ccccc2SCC2=Nc3c(C)cccc3C(=O)C2)c1. The highest BCUT2D eigenvalue weighted by molar-refractivity contribution is 8.00. The van der Waals surface area contributed by atoms with Crippen molar-refractivity contribution < 1.29 is 14.3 Å². The Hall–Kier alpha value is -3.38. The lowest BCUT2D eigenvalue weighted by Gasteiger charge is -2.17. The van der Waals surface area contributed by atoms with E-state index in [1.807, 2.05) is 49.4 Å². The lowest BCUT2D eigenvalue weighted by atomic mass is 9.98. The lowest BCUT2D eigenvalue weighted by molar-refractivity contribution is 0.0997. The Kier molecular flexibility index (Phi) is 6.18. The fraction of sp³-hybridized carbons (Fsp3) is 0.160. The largest absolute Gasteiger partial charge is 0.497 e. The predicted octanol–water partition coefficient (Wildman–Crippen LogP) is 5.71. The summed E-state index contributed by atoms with van der Waals surface area (Å²) in [6.07, 6.45) is 0.321. The molecule has 3 aromatic rings. The van der Waals surface area contributed by atoms with Crippen LogP contribution in [0.2, 0.25) is 0 Å². The Labute approximate surface area is 185 Å². The molecule has 0 aromatic heterocycles. The molecule has 0 radical (unpaired) electrons. The average molecular weight is 431 g/mol. The van der Waals surface area contributed by atoms with Gasteiger partial charge in [0, 0.05) is 27.5 Å². The van der Waals surface area contributed by atoms with Crippen LogP contribution in [0.25, 0.3) is 0 Å². The molecule has 0 atom stereocenters. The van der Waals surface area contributed by atoms with Crippen molar-refractivity contribution in [1.29, 1.82) is 0 Å². The predicted molar refractivity (Wildman–Crippen MR) is 125 cm³/mol. The average Bonchev–Trinajstić information content (AvgIpc) is 2.79. The van der Waals surface area contributed by atoms with Crippen LogP contribution >= 0.6 is 11.8 Å². The molecule has 0 bridgehead atoms. The monoisotopic (exact) mass is 430 g/mol. The molecule has 3 aromatic carbocycles. The fourth-order valence-electron chi connectivity index (χ4n) is 3.41. The molecular formula is C25H22N2O3S. The third-order valence-electron chi connectivity index (χ3n) is 5.03. The molecule has 1 aliphatic heterocycles.